The van der Waals surface area contributed by atoms with E-state index in [1.165, 1.54) is 11.3 Å². The van der Waals surface area contributed by atoms with Crippen molar-refractivity contribution in [2.24, 2.45) is 0 Å². The molecule has 0 N–H and O–H groups in total. The molecular formula is C19H17ClN2O4S2. The van der Waals surface area contributed by atoms with Gasteiger partial charge < -0.3 is 9.42 Å². The minimum atomic E-state index is -3.14. The monoisotopic (exact) mass is 436 g/mol. The Kier molecular flexibility index (Phi) is 5.27. The zero-order chi connectivity index (χ0) is 19.7. The molecule has 3 aromatic rings. The molecule has 0 saturated carbocycles. The normalized spacial score (nSPS) is 18.2. The highest BCUT2D eigenvalue weighted by Crippen LogP contribution is 2.27. The van der Waals surface area contributed by atoms with Crippen molar-refractivity contribution in [1.82, 2.24) is 10.1 Å². The van der Waals surface area contributed by atoms with Gasteiger partial charge in [-0.05, 0) is 35.6 Å². The molecule has 0 bridgehead atoms. The van der Waals surface area contributed by atoms with E-state index in [0.717, 1.165) is 10.4 Å². The predicted octanol–water partition coefficient (Wildman–Crippen LogP) is 3.89. The minimum Gasteiger partial charge on any atom is -0.355 e. The van der Waals surface area contributed by atoms with Gasteiger partial charge in [-0.15, -0.1) is 11.3 Å². The van der Waals surface area contributed by atoms with Crippen LogP contribution in [0.25, 0.3) is 10.6 Å². The van der Waals surface area contributed by atoms with Crippen LogP contribution in [0.5, 0.6) is 0 Å². The summed E-state index contributed by atoms with van der Waals surface area (Å²) in [4.78, 5) is 15.6. The zero-order valence-corrected chi connectivity index (χ0v) is 17.1. The minimum absolute atomic E-state index is 0.0397. The number of rotatable bonds is 5. The van der Waals surface area contributed by atoms with Gasteiger partial charge in [-0.2, -0.15) is 0 Å². The molecule has 1 aliphatic rings. The lowest BCUT2D eigenvalue weighted by atomic mass is 10.1. The third-order valence-corrected chi connectivity index (χ3v) is 7.56. The van der Waals surface area contributed by atoms with Gasteiger partial charge in [0.2, 0.25) is 0 Å². The molecule has 0 radical (unpaired) electrons. The van der Waals surface area contributed by atoms with Crippen LogP contribution in [0.1, 0.15) is 22.5 Å². The fourth-order valence-electron chi connectivity index (χ4n) is 3.23. The van der Waals surface area contributed by atoms with Crippen LogP contribution in [0.2, 0.25) is 5.02 Å². The van der Waals surface area contributed by atoms with E-state index in [1.807, 2.05) is 29.6 Å². The molecule has 3 heterocycles. The smallest absolute Gasteiger partial charge is 0.276 e. The van der Waals surface area contributed by atoms with Crippen molar-refractivity contribution >= 4 is 38.7 Å². The second-order valence-corrected chi connectivity index (χ2v) is 10.3. The summed E-state index contributed by atoms with van der Waals surface area (Å²) in [6, 6.07) is 12.1. The number of thiophene rings is 1. The quantitative estimate of drug-likeness (QED) is 0.606. The number of nitrogens with zero attached hydrogens (tertiary/aromatic N) is 2. The van der Waals surface area contributed by atoms with Crippen LogP contribution in [-0.4, -0.2) is 41.9 Å². The van der Waals surface area contributed by atoms with Crippen molar-refractivity contribution in [3.05, 3.63) is 64.1 Å². The Morgan fingerprint density at radius 3 is 2.71 bits per heavy atom. The molecule has 146 valence electrons. The number of aromatic nitrogens is 1. The second kappa shape index (κ2) is 7.69. The first kappa shape index (κ1) is 19.2. The van der Waals surface area contributed by atoms with Crippen LogP contribution in [0, 0.1) is 0 Å². The van der Waals surface area contributed by atoms with E-state index in [9.17, 15) is 13.2 Å². The Balaban J connectivity index is 1.62. The van der Waals surface area contributed by atoms with Crippen molar-refractivity contribution in [2.45, 2.75) is 19.0 Å². The van der Waals surface area contributed by atoms with E-state index in [2.05, 4.69) is 5.16 Å². The fourth-order valence-corrected chi connectivity index (χ4v) is 5.76. The first-order chi connectivity index (χ1) is 13.4. The van der Waals surface area contributed by atoms with Gasteiger partial charge in [0.15, 0.2) is 21.3 Å². The van der Waals surface area contributed by atoms with E-state index in [4.69, 9.17) is 16.1 Å². The Morgan fingerprint density at radius 1 is 1.29 bits per heavy atom. The summed E-state index contributed by atoms with van der Waals surface area (Å²) in [6.07, 6.45) is 0.414. The Morgan fingerprint density at radius 2 is 2.07 bits per heavy atom. The van der Waals surface area contributed by atoms with Gasteiger partial charge in [0.1, 0.15) is 0 Å². The molecule has 1 fully saturated rings. The Bertz CT molecular complexity index is 1080. The molecule has 1 aromatic carbocycles. The van der Waals surface area contributed by atoms with Crippen molar-refractivity contribution in [3.63, 3.8) is 0 Å². The van der Waals surface area contributed by atoms with Gasteiger partial charge in [0.25, 0.3) is 5.91 Å². The van der Waals surface area contributed by atoms with E-state index < -0.39 is 15.9 Å². The van der Waals surface area contributed by atoms with Gasteiger partial charge in [0, 0.05) is 23.7 Å². The van der Waals surface area contributed by atoms with E-state index in [0.29, 0.717) is 17.2 Å². The van der Waals surface area contributed by atoms with Crippen LogP contribution in [0.15, 0.2) is 52.4 Å². The van der Waals surface area contributed by atoms with Crippen LogP contribution >= 0.6 is 22.9 Å². The molecule has 1 saturated heterocycles. The molecule has 0 spiro atoms. The number of amides is 1. The molecule has 1 atom stereocenters. The molecule has 9 heteroatoms. The number of hydrogen-bond donors (Lipinski definition) is 0. The maximum Gasteiger partial charge on any atom is 0.276 e. The number of benzene rings is 1. The molecular weight excluding hydrogens is 420 g/mol. The predicted molar refractivity (Wildman–Crippen MR) is 108 cm³/mol. The van der Waals surface area contributed by atoms with E-state index in [1.54, 1.807) is 23.1 Å². The summed E-state index contributed by atoms with van der Waals surface area (Å²) in [6.45, 7) is 0.275. The average Bonchev–Trinajstić information content (AvgIpc) is 3.41. The third kappa shape index (κ3) is 4.14. The highest BCUT2D eigenvalue weighted by Gasteiger charge is 2.36. The lowest BCUT2D eigenvalue weighted by Gasteiger charge is -2.27. The number of halogens is 1. The largest absolute Gasteiger partial charge is 0.355 e. The SMILES string of the molecule is O=C(c1cc(-c2cccs2)on1)N(Cc1ccc(Cl)cc1)[C@H]1CCS(=O)(=O)C1. The Labute approximate surface area is 171 Å². The first-order valence-electron chi connectivity index (χ1n) is 8.68. The molecule has 4 rings (SSSR count). The van der Waals surface area contributed by atoms with Crippen LogP contribution in [-0.2, 0) is 16.4 Å². The maximum atomic E-state index is 13.2. The lowest BCUT2D eigenvalue weighted by Crippen LogP contribution is -2.40. The summed E-state index contributed by atoms with van der Waals surface area (Å²) >= 11 is 7.43. The maximum absolute atomic E-state index is 13.2. The van der Waals surface area contributed by atoms with Gasteiger partial charge >= 0.3 is 0 Å². The zero-order valence-electron chi connectivity index (χ0n) is 14.7. The second-order valence-electron chi connectivity index (χ2n) is 6.67. The summed E-state index contributed by atoms with van der Waals surface area (Å²) in [5.74, 6) is 0.218. The highest BCUT2D eigenvalue weighted by atomic mass is 35.5. The molecule has 2 aromatic heterocycles. The summed E-state index contributed by atoms with van der Waals surface area (Å²) < 4.78 is 29.3. The number of sulfone groups is 1. The average molecular weight is 437 g/mol. The molecule has 6 nitrogen and oxygen atoms in total. The van der Waals surface area contributed by atoms with E-state index in [-0.39, 0.29) is 29.7 Å². The Hall–Kier alpha value is -2.16. The van der Waals surface area contributed by atoms with Crippen molar-refractivity contribution in [3.8, 4) is 10.6 Å². The first-order valence-corrected chi connectivity index (χ1v) is 11.8. The number of carbonyl (C=O) groups is 1. The molecule has 28 heavy (non-hydrogen) atoms. The van der Waals surface area contributed by atoms with Crippen LogP contribution in [0.4, 0.5) is 0 Å². The highest BCUT2D eigenvalue weighted by molar-refractivity contribution is 7.91. The molecule has 0 aliphatic carbocycles. The topological polar surface area (TPSA) is 80.5 Å². The fraction of sp³-hybridized carbons (Fsp3) is 0.263. The van der Waals surface area contributed by atoms with Gasteiger partial charge in [-0.1, -0.05) is 35.0 Å². The standard InChI is InChI=1S/C19H17ClN2O4S2/c20-14-5-3-13(4-6-14)11-22(15-7-9-28(24,25)12-15)19(23)16-10-17(26-21-16)18-2-1-8-27-18/h1-6,8,10,15H,7,9,11-12H2/t15-/m0/s1. The van der Waals surface area contributed by atoms with Crippen molar-refractivity contribution in [2.75, 3.05) is 11.5 Å². The van der Waals surface area contributed by atoms with Crippen LogP contribution < -0.4 is 0 Å². The van der Waals surface area contributed by atoms with Gasteiger partial charge in [-0.25, -0.2) is 8.42 Å². The molecule has 1 aliphatic heterocycles. The summed E-state index contributed by atoms with van der Waals surface area (Å²) in [7, 11) is -3.14. The van der Waals surface area contributed by atoms with Crippen LogP contribution in [0.3, 0.4) is 0 Å². The number of hydrogen-bond acceptors (Lipinski definition) is 6. The molecule has 0 unspecified atom stereocenters. The van der Waals surface area contributed by atoms with Crippen molar-refractivity contribution in [1.29, 1.82) is 0 Å². The van der Waals surface area contributed by atoms with Gasteiger partial charge in [0.05, 0.1) is 16.4 Å². The summed E-state index contributed by atoms with van der Waals surface area (Å²) in [5, 5.41) is 6.44. The molecule has 1 amide bonds. The number of carbonyl (C=O) groups excluding carboxylic acids is 1. The summed E-state index contributed by atoms with van der Waals surface area (Å²) in [5.41, 5.74) is 1.03. The third-order valence-electron chi connectivity index (χ3n) is 4.67. The van der Waals surface area contributed by atoms with E-state index >= 15 is 0 Å². The van der Waals surface area contributed by atoms with Gasteiger partial charge in [-0.3, -0.25) is 4.79 Å². The lowest BCUT2D eigenvalue weighted by molar-refractivity contribution is 0.0670. The van der Waals surface area contributed by atoms with Crippen molar-refractivity contribution < 1.29 is 17.7 Å².